The summed E-state index contributed by atoms with van der Waals surface area (Å²) < 4.78 is 13.5. The second kappa shape index (κ2) is 5.83. The van der Waals surface area contributed by atoms with Crippen LogP contribution in [0.15, 0.2) is 42.7 Å². The van der Waals surface area contributed by atoms with Crippen LogP contribution in [0.2, 0.25) is 5.02 Å². The first kappa shape index (κ1) is 15.0. The summed E-state index contributed by atoms with van der Waals surface area (Å²) in [7, 11) is 0. The summed E-state index contributed by atoms with van der Waals surface area (Å²) in [6.45, 7) is 0. The van der Waals surface area contributed by atoms with Crippen molar-refractivity contribution in [2.75, 3.05) is 5.32 Å². The van der Waals surface area contributed by atoms with Crippen LogP contribution in [0.1, 0.15) is 12.8 Å². The smallest absolute Gasteiger partial charge is 0.228 e. The highest BCUT2D eigenvalue weighted by molar-refractivity contribution is 6.33. The molecular formula is C18H13ClFN3O. The van der Waals surface area contributed by atoms with Crippen molar-refractivity contribution >= 4 is 34.1 Å². The Labute approximate surface area is 142 Å². The van der Waals surface area contributed by atoms with E-state index in [0.29, 0.717) is 22.1 Å². The maximum atomic E-state index is 13.5. The van der Waals surface area contributed by atoms with E-state index >= 15 is 0 Å². The molecule has 2 heterocycles. The van der Waals surface area contributed by atoms with E-state index in [-0.39, 0.29) is 17.6 Å². The molecule has 3 aromatic rings. The molecule has 1 aliphatic carbocycles. The molecule has 120 valence electrons. The van der Waals surface area contributed by atoms with Gasteiger partial charge < -0.3 is 5.32 Å². The standard InChI is InChI=1S/C18H13ClFN3O/c19-15-4-3-13(20)7-14(15)16-5-11-9-22-17(6-12(11)8-21-16)23-18(24)10-1-2-10/h3-10H,1-2H2,(H,22,23,24). The minimum atomic E-state index is -0.368. The number of hydrogen-bond donors (Lipinski definition) is 1. The average molecular weight is 342 g/mol. The molecule has 0 saturated heterocycles. The molecule has 0 radical (unpaired) electrons. The van der Waals surface area contributed by atoms with Crippen LogP contribution in [0.4, 0.5) is 10.2 Å². The number of carbonyl (C=O) groups is 1. The van der Waals surface area contributed by atoms with Crippen LogP contribution in [-0.2, 0) is 4.79 Å². The van der Waals surface area contributed by atoms with Gasteiger partial charge in [0, 0.05) is 34.6 Å². The summed E-state index contributed by atoms with van der Waals surface area (Å²) in [5.41, 5.74) is 1.10. The van der Waals surface area contributed by atoms with Crippen molar-refractivity contribution in [2.24, 2.45) is 5.92 Å². The Morgan fingerprint density at radius 1 is 1.12 bits per heavy atom. The van der Waals surface area contributed by atoms with Crippen LogP contribution in [0.3, 0.4) is 0 Å². The van der Waals surface area contributed by atoms with Gasteiger partial charge in [0.2, 0.25) is 5.91 Å². The molecule has 24 heavy (non-hydrogen) atoms. The summed E-state index contributed by atoms with van der Waals surface area (Å²) in [6.07, 6.45) is 5.22. The number of nitrogens with one attached hydrogen (secondary N) is 1. The van der Waals surface area contributed by atoms with Crippen molar-refractivity contribution in [1.29, 1.82) is 0 Å². The third kappa shape index (κ3) is 2.95. The molecule has 1 amide bonds. The number of hydrogen-bond acceptors (Lipinski definition) is 3. The molecule has 1 aromatic carbocycles. The fourth-order valence-electron chi connectivity index (χ4n) is 2.52. The molecule has 4 rings (SSSR count). The van der Waals surface area contributed by atoms with E-state index in [1.54, 1.807) is 24.5 Å². The van der Waals surface area contributed by atoms with E-state index < -0.39 is 0 Å². The minimum Gasteiger partial charge on any atom is -0.310 e. The predicted octanol–water partition coefficient (Wildman–Crippen LogP) is 4.44. The average Bonchev–Trinajstić information content (AvgIpc) is 3.42. The van der Waals surface area contributed by atoms with Crippen LogP contribution < -0.4 is 5.32 Å². The zero-order chi connectivity index (χ0) is 16.7. The van der Waals surface area contributed by atoms with Gasteiger partial charge in [0.05, 0.1) is 10.7 Å². The third-order valence-electron chi connectivity index (χ3n) is 4.01. The van der Waals surface area contributed by atoms with Crippen molar-refractivity contribution in [3.63, 3.8) is 0 Å². The highest BCUT2D eigenvalue weighted by Gasteiger charge is 2.29. The lowest BCUT2D eigenvalue weighted by molar-refractivity contribution is -0.117. The molecule has 6 heteroatoms. The monoisotopic (exact) mass is 341 g/mol. The number of aromatic nitrogens is 2. The fraction of sp³-hybridized carbons (Fsp3) is 0.167. The Kier molecular flexibility index (Phi) is 3.65. The molecule has 1 aliphatic rings. The van der Waals surface area contributed by atoms with Crippen molar-refractivity contribution in [2.45, 2.75) is 12.8 Å². The highest BCUT2D eigenvalue weighted by atomic mass is 35.5. The minimum absolute atomic E-state index is 0.0120. The van der Waals surface area contributed by atoms with Gasteiger partial charge in [0.25, 0.3) is 0 Å². The topological polar surface area (TPSA) is 54.9 Å². The van der Waals surface area contributed by atoms with E-state index in [1.807, 2.05) is 0 Å². The molecule has 0 spiro atoms. The number of fused-ring (bicyclic) bond motifs is 1. The quantitative estimate of drug-likeness (QED) is 0.766. The summed E-state index contributed by atoms with van der Waals surface area (Å²) in [5, 5.41) is 4.92. The van der Waals surface area contributed by atoms with Crippen molar-refractivity contribution in [1.82, 2.24) is 9.97 Å². The van der Waals surface area contributed by atoms with Crippen LogP contribution in [0.25, 0.3) is 22.0 Å². The second-order valence-corrected chi connectivity index (χ2v) is 6.28. The number of anilines is 1. The van der Waals surface area contributed by atoms with Crippen LogP contribution >= 0.6 is 11.6 Å². The van der Waals surface area contributed by atoms with Crippen LogP contribution in [0.5, 0.6) is 0 Å². The molecule has 1 N–H and O–H groups in total. The Morgan fingerprint density at radius 3 is 2.67 bits per heavy atom. The van der Waals surface area contributed by atoms with Crippen LogP contribution in [-0.4, -0.2) is 15.9 Å². The van der Waals surface area contributed by atoms with Gasteiger partial charge in [-0.3, -0.25) is 9.78 Å². The largest absolute Gasteiger partial charge is 0.310 e. The summed E-state index contributed by atoms with van der Waals surface area (Å²) in [5.74, 6) is 0.279. The summed E-state index contributed by atoms with van der Waals surface area (Å²) in [6, 6.07) is 7.75. The van der Waals surface area contributed by atoms with E-state index in [4.69, 9.17) is 11.6 Å². The number of nitrogens with zero attached hydrogens (tertiary/aromatic N) is 2. The van der Waals surface area contributed by atoms with Crippen LogP contribution in [0, 0.1) is 11.7 Å². The van der Waals surface area contributed by atoms with E-state index in [2.05, 4.69) is 15.3 Å². The first-order valence-corrected chi connectivity index (χ1v) is 8.00. The summed E-state index contributed by atoms with van der Waals surface area (Å²) in [4.78, 5) is 20.4. The third-order valence-corrected chi connectivity index (χ3v) is 4.34. The predicted molar refractivity (Wildman–Crippen MR) is 91.3 cm³/mol. The van der Waals surface area contributed by atoms with Gasteiger partial charge in [-0.1, -0.05) is 11.6 Å². The van der Waals surface area contributed by atoms with Crippen molar-refractivity contribution in [3.05, 3.63) is 53.6 Å². The van der Waals surface area contributed by atoms with E-state index in [1.165, 1.54) is 18.2 Å². The molecule has 0 atom stereocenters. The molecule has 0 bridgehead atoms. The highest BCUT2D eigenvalue weighted by Crippen LogP contribution is 2.31. The molecule has 0 aliphatic heterocycles. The Balaban J connectivity index is 1.68. The molecule has 4 nitrogen and oxygen atoms in total. The lowest BCUT2D eigenvalue weighted by Gasteiger charge is -2.07. The first-order valence-electron chi connectivity index (χ1n) is 7.62. The van der Waals surface area contributed by atoms with Gasteiger partial charge in [-0.25, -0.2) is 9.37 Å². The number of carbonyl (C=O) groups excluding carboxylic acids is 1. The lowest BCUT2D eigenvalue weighted by atomic mass is 10.1. The van der Waals surface area contributed by atoms with Gasteiger partial charge in [0.15, 0.2) is 0 Å². The number of rotatable bonds is 3. The van der Waals surface area contributed by atoms with Gasteiger partial charge in [-0.05, 0) is 43.2 Å². The molecule has 1 saturated carbocycles. The second-order valence-electron chi connectivity index (χ2n) is 5.87. The van der Waals surface area contributed by atoms with Gasteiger partial charge in [-0.15, -0.1) is 0 Å². The van der Waals surface area contributed by atoms with E-state index in [9.17, 15) is 9.18 Å². The fourth-order valence-corrected chi connectivity index (χ4v) is 2.74. The maximum Gasteiger partial charge on any atom is 0.228 e. The van der Waals surface area contributed by atoms with Gasteiger partial charge >= 0.3 is 0 Å². The van der Waals surface area contributed by atoms with Gasteiger partial charge in [0.1, 0.15) is 11.6 Å². The van der Waals surface area contributed by atoms with E-state index in [0.717, 1.165) is 23.6 Å². The Hall–Kier alpha value is -2.53. The maximum absolute atomic E-state index is 13.5. The zero-order valence-electron chi connectivity index (χ0n) is 12.6. The SMILES string of the molecule is O=C(Nc1cc2cnc(-c3cc(F)ccc3Cl)cc2cn1)C1CC1. The Bertz CT molecular complexity index is 956. The van der Waals surface area contributed by atoms with Crippen molar-refractivity contribution < 1.29 is 9.18 Å². The molecule has 0 unspecified atom stereocenters. The van der Waals surface area contributed by atoms with Gasteiger partial charge in [-0.2, -0.15) is 0 Å². The number of pyridine rings is 2. The number of amides is 1. The molecule has 1 fully saturated rings. The molecule has 2 aromatic heterocycles. The summed E-state index contributed by atoms with van der Waals surface area (Å²) >= 11 is 6.13. The lowest BCUT2D eigenvalue weighted by Crippen LogP contribution is -2.14. The number of halogens is 2. The van der Waals surface area contributed by atoms with Crippen molar-refractivity contribution in [3.8, 4) is 11.3 Å². The Morgan fingerprint density at radius 2 is 1.88 bits per heavy atom. The normalized spacial score (nSPS) is 13.9. The molecular weight excluding hydrogens is 329 g/mol. The number of benzene rings is 1. The zero-order valence-corrected chi connectivity index (χ0v) is 13.3. The first-order chi connectivity index (χ1) is 11.6.